The molecule has 0 aliphatic rings. The second-order valence-corrected chi connectivity index (χ2v) is 4.61. The summed E-state index contributed by atoms with van der Waals surface area (Å²) >= 11 is 5.99. The van der Waals surface area contributed by atoms with Crippen LogP contribution in [0.2, 0.25) is 5.02 Å². The molecular weight excluding hydrogens is 282 g/mol. The van der Waals surface area contributed by atoms with Gasteiger partial charge in [-0.25, -0.2) is 9.59 Å². The van der Waals surface area contributed by atoms with Crippen molar-refractivity contribution in [2.24, 2.45) is 0 Å². The Hall–Kier alpha value is -2.01. The molecule has 1 aromatic carbocycles. The second kappa shape index (κ2) is 5.54. The van der Waals surface area contributed by atoms with Gasteiger partial charge < -0.3 is 14.4 Å². The maximum atomic E-state index is 11.7. The van der Waals surface area contributed by atoms with Gasteiger partial charge in [-0.3, -0.25) is 0 Å². The van der Waals surface area contributed by atoms with Crippen LogP contribution in [0.1, 0.15) is 24.2 Å². The van der Waals surface area contributed by atoms with Crippen molar-refractivity contribution in [1.82, 2.24) is 0 Å². The summed E-state index contributed by atoms with van der Waals surface area (Å²) in [6.07, 6.45) is 0. The Morgan fingerprint density at radius 3 is 2.55 bits per heavy atom. The third-order valence-corrected chi connectivity index (χ3v) is 3.56. The minimum atomic E-state index is -1.39. The summed E-state index contributed by atoms with van der Waals surface area (Å²) in [4.78, 5) is 24.8. The molecule has 0 aliphatic heterocycles. The van der Waals surface area contributed by atoms with Gasteiger partial charge in [0.25, 0.3) is 0 Å². The van der Waals surface area contributed by atoms with E-state index in [1.54, 1.807) is 12.1 Å². The molecule has 20 heavy (non-hydrogen) atoms. The minimum Gasteiger partial charge on any atom is -0.477 e. The number of carboxylic acid groups (broad SMARTS) is 1. The van der Waals surface area contributed by atoms with Crippen molar-refractivity contribution >= 4 is 34.2 Å². The molecule has 0 saturated heterocycles. The topological polar surface area (TPSA) is 70.8 Å². The molecule has 0 radical (unpaired) electrons. The van der Waals surface area contributed by atoms with Gasteiger partial charge in [0.15, 0.2) is 5.56 Å². The summed E-state index contributed by atoms with van der Waals surface area (Å²) in [7, 11) is 0. The first-order chi connectivity index (χ1) is 9.49. The van der Waals surface area contributed by atoms with Crippen LogP contribution >= 0.6 is 11.6 Å². The Kier molecular flexibility index (Phi) is 3.99. The third kappa shape index (κ3) is 2.36. The molecule has 1 heterocycles. The fraction of sp³-hybridized carbons (Fsp3) is 0.286. The predicted octanol–water partition coefficient (Wildman–Crippen LogP) is 2.99. The zero-order chi connectivity index (χ0) is 14.9. The molecule has 2 aromatic rings. The number of hydrogen-bond acceptors (Lipinski definition) is 4. The van der Waals surface area contributed by atoms with Crippen LogP contribution < -0.4 is 10.5 Å². The predicted molar refractivity (Wildman–Crippen MR) is 78.0 cm³/mol. The normalized spacial score (nSPS) is 10.8. The number of nitrogens with zero attached hydrogens (tertiary/aromatic N) is 1. The number of fused-ring (bicyclic) bond motifs is 1. The van der Waals surface area contributed by atoms with Crippen molar-refractivity contribution in [3.8, 4) is 0 Å². The van der Waals surface area contributed by atoms with Crippen molar-refractivity contribution < 1.29 is 14.3 Å². The van der Waals surface area contributed by atoms with E-state index in [2.05, 4.69) is 4.90 Å². The Labute approximate surface area is 120 Å². The quantitative estimate of drug-likeness (QED) is 0.878. The van der Waals surface area contributed by atoms with Gasteiger partial charge >= 0.3 is 11.6 Å². The Bertz CT molecular complexity index is 719. The molecule has 0 unspecified atom stereocenters. The number of hydrogen-bond donors (Lipinski definition) is 1. The average Bonchev–Trinajstić information content (AvgIpc) is 2.39. The van der Waals surface area contributed by atoms with E-state index >= 15 is 0 Å². The number of aromatic carboxylic acids is 1. The highest BCUT2D eigenvalue weighted by molar-refractivity contribution is 6.38. The maximum Gasteiger partial charge on any atom is 0.352 e. The van der Waals surface area contributed by atoms with E-state index in [0.717, 1.165) is 18.8 Å². The first kappa shape index (κ1) is 14.4. The molecule has 0 atom stereocenters. The van der Waals surface area contributed by atoms with Gasteiger partial charge in [0.1, 0.15) is 5.58 Å². The summed E-state index contributed by atoms with van der Waals surface area (Å²) in [6.45, 7) is 5.66. The standard InChI is InChI=1S/C14H14ClNO4/c1-3-16(4-2)8-5-6-9-10(7-8)20-14(19)11(12(9)15)13(17)18/h5-7H,3-4H2,1-2H3,(H,17,18). The Balaban J connectivity index is 2.70. The molecule has 1 aromatic heterocycles. The first-order valence-electron chi connectivity index (χ1n) is 6.24. The fourth-order valence-corrected chi connectivity index (χ4v) is 2.43. The highest BCUT2D eigenvalue weighted by atomic mass is 35.5. The lowest BCUT2D eigenvalue weighted by Gasteiger charge is -2.21. The summed E-state index contributed by atoms with van der Waals surface area (Å²) in [5, 5.41) is 9.30. The van der Waals surface area contributed by atoms with Gasteiger partial charge in [-0.15, -0.1) is 0 Å². The van der Waals surface area contributed by atoms with Gasteiger partial charge in [0.2, 0.25) is 0 Å². The lowest BCUT2D eigenvalue weighted by molar-refractivity contribution is 0.0693. The average molecular weight is 296 g/mol. The zero-order valence-electron chi connectivity index (χ0n) is 11.1. The van der Waals surface area contributed by atoms with Gasteiger partial charge in [0, 0.05) is 30.2 Å². The van der Waals surface area contributed by atoms with Crippen molar-refractivity contribution in [2.75, 3.05) is 18.0 Å². The molecule has 0 spiro atoms. The number of rotatable bonds is 4. The van der Waals surface area contributed by atoms with E-state index in [4.69, 9.17) is 21.1 Å². The summed E-state index contributed by atoms with van der Waals surface area (Å²) in [6, 6.07) is 5.19. The lowest BCUT2D eigenvalue weighted by Crippen LogP contribution is -2.21. The van der Waals surface area contributed by atoms with Crippen molar-refractivity contribution in [1.29, 1.82) is 0 Å². The highest BCUT2D eigenvalue weighted by Crippen LogP contribution is 2.28. The van der Waals surface area contributed by atoms with Crippen LogP contribution in [0.3, 0.4) is 0 Å². The molecule has 106 valence electrons. The number of carbonyl (C=O) groups is 1. The van der Waals surface area contributed by atoms with Gasteiger partial charge in [-0.05, 0) is 26.0 Å². The zero-order valence-corrected chi connectivity index (χ0v) is 11.9. The number of benzene rings is 1. The monoisotopic (exact) mass is 295 g/mol. The van der Waals surface area contributed by atoms with Gasteiger partial charge in [0.05, 0.1) is 5.02 Å². The van der Waals surface area contributed by atoms with Crippen LogP contribution in [0.4, 0.5) is 5.69 Å². The van der Waals surface area contributed by atoms with Gasteiger partial charge in [-0.1, -0.05) is 11.6 Å². The molecule has 0 saturated carbocycles. The molecule has 1 N–H and O–H groups in total. The summed E-state index contributed by atoms with van der Waals surface area (Å²) in [5.41, 5.74) is -0.291. The Morgan fingerprint density at radius 1 is 1.35 bits per heavy atom. The van der Waals surface area contributed by atoms with Crippen molar-refractivity contribution in [3.63, 3.8) is 0 Å². The smallest absolute Gasteiger partial charge is 0.352 e. The van der Waals surface area contributed by atoms with Crippen LogP contribution in [-0.4, -0.2) is 24.2 Å². The number of anilines is 1. The SMILES string of the molecule is CCN(CC)c1ccc2c(Cl)c(C(=O)O)c(=O)oc2c1. The first-order valence-corrected chi connectivity index (χ1v) is 6.62. The van der Waals surface area contributed by atoms with Crippen molar-refractivity contribution in [3.05, 3.63) is 39.2 Å². The van der Waals surface area contributed by atoms with Crippen LogP contribution in [0, 0.1) is 0 Å². The molecule has 0 fully saturated rings. The maximum absolute atomic E-state index is 11.7. The highest BCUT2D eigenvalue weighted by Gasteiger charge is 2.19. The fourth-order valence-electron chi connectivity index (χ4n) is 2.12. The minimum absolute atomic E-state index is 0.0881. The summed E-state index contributed by atoms with van der Waals surface area (Å²) < 4.78 is 5.07. The van der Waals surface area contributed by atoms with E-state index in [1.807, 2.05) is 19.9 Å². The van der Waals surface area contributed by atoms with Crippen LogP contribution in [0.15, 0.2) is 27.4 Å². The molecular formula is C14H14ClNO4. The van der Waals surface area contributed by atoms with E-state index < -0.39 is 17.2 Å². The molecule has 0 bridgehead atoms. The number of halogens is 1. The van der Waals surface area contributed by atoms with Crippen LogP contribution in [-0.2, 0) is 0 Å². The Morgan fingerprint density at radius 2 is 2.00 bits per heavy atom. The van der Waals surface area contributed by atoms with E-state index in [9.17, 15) is 9.59 Å². The molecule has 0 aliphatic carbocycles. The number of carboxylic acids is 1. The van der Waals surface area contributed by atoms with Crippen molar-refractivity contribution in [2.45, 2.75) is 13.8 Å². The van der Waals surface area contributed by atoms with E-state index in [0.29, 0.717) is 5.39 Å². The van der Waals surface area contributed by atoms with Crippen LogP contribution in [0.25, 0.3) is 11.0 Å². The lowest BCUT2D eigenvalue weighted by atomic mass is 10.1. The summed E-state index contributed by atoms with van der Waals surface area (Å²) in [5.74, 6) is -1.39. The van der Waals surface area contributed by atoms with E-state index in [1.165, 1.54) is 0 Å². The van der Waals surface area contributed by atoms with Crippen LogP contribution in [0.5, 0.6) is 0 Å². The molecule has 2 rings (SSSR count). The van der Waals surface area contributed by atoms with Gasteiger partial charge in [-0.2, -0.15) is 0 Å². The molecule has 6 heteroatoms. The molecule has 0 amide bonds. The largest absolute Gasteiger partial charge is 0.477 e. The van der Waals surface area contributed by atoms with E-state index in [-0.39, 0.29) is 10.6 Å². The second-order valence-electron chi connectivity index (χ2n) is 4.24. The third-order valence-electron chi connectivity index (χ3n) is 3.17. The molecule has 5 nitrogen and oxygen atoms in total.